The highest BCUT2D eigenvalue weighted by molar-refractivity contribution is 7.92. The number of sulfonamides is 1. The molecule has 0 aliphatic heterocycles. The minimum atomic E-state index is -3.51. The van der Waals surface area contributed by atoms with Gasteiger partial charge in [0.15, 0.2) is 11.5 Å². The Balaban J connectivity index is 1.62. The minimum Gasteiger partial charge on any atom is -0.267 e. The van der Waals surface area contributed by atoms with Gasteiger partial charge in [0.25, 0.3) is 0 Å². The first-order valence-corrected chi connectivity index (χ1v) is 11.7. The summed E-state index contributed by atoms with van der Waals surface area (Å²) in [6.45, 7) is 0.189. The van der Waals surface area contributed by atoms with Crippen LogP contribution < -0.4 is 4.72 Å². The van der Waals surface area contributed by atoms with E-state index in [4.69, 9.17) is 0 Å². The van der Waals surface area contributed by atoms with Gasteiger partial charge in [-0.05, 0) is 37.0 Å². The lowest BCUT2D eigenvalue weighted by molar-refractivity contribution is 0.589. The average molecular weight is 438 g/mol. The van der Waals surface area contributed by atoms with Crippen LogP contribution in [0.15, 0.2) is 48.8 Å². The Morgan fingerprint density at radius 1 is 1.16 bits per heavy atom. The van der Waals surface area contributed by atoms with Gasteiger partial charge in [-0.2, -0.15) is 5.10 Å². The van der Waals surface area contributed by atoms with Crippen LogP contribution in [-0.2, 0) is 16.6 Å². The van der Waals surface area contributed by atoms with Crippen molar-refractivity contribution in [2.24, 2.45) is 0 Å². The lowest BCUT2D eigenvalue weighted by Crippen LogP contribution is -2.13. The summed E-state index contributed by atoms with van der Waals surface area (Å²) >= 11 is 0. The summed E-state index contributed by atoms with van der Waals surface area (Å²) in [5, 5.41) is 5.31. The first-order valence-electron chi connectivity index (χ1n) is 9.79. The Morgan fingerprint density at radius 2 is 1.97 bits per heavy atom. The largest absolute Gasteiger partial charge is 0.267 e. The number of halogens is 1. The number of hydrogen-bond acceptors (Lipinski definition) is 6. The maximum Gasteiger partial charge on any atom is 0.230 e. The van der Waals surface area contributed by atoms with E-state index in [-0.39, 0.29) is 29.9 Å². The Bertz CT molecular complexity index is 1400. The summed E-state index contributed by atoms with van der Waals surface area (Å²) in [5.41, 5.74) is 2.28. The molecule has 0 spiro atoms. The second kappa shape index (κ2) is 7.38. The molecule has 8 nitrogen and oxygen atoms in total. The predicted molar refractivity (Wildman–Crippen MR) is 114 cm³/mol. The van der Waals surface area contributed by atoms with E-state index in [1.165, 1.54) is 6.07 Å². The van der Waals surface area contributed by atoms with Gasteiger partial charge < -0.3 is 0 Å². The Labute approximate surface area is 178 Å². The highest BCUT2D eigenvalue weighted by Gasteiger charge is 2.29. The third-order valence-electron chi connectivity index (χ3n) is 5.11. The van der Waals surface area contributed by atoms with Crippen molar-refractivity contribution in [3.05, 3.63) is 65.7 Å². The number of nitrogens with one attached hydrogen (secondary N) is 1. The smallest absolute Gasteiger partial charge is 0.230 e. The third kappa shape index (κ3) is 3.98. The summed E-state index contributed by atoms with van der Waals surface area (Å²) in [5.74, 6) is 0.486. The Morgan fingerprint density at radius 3 is 2.71 bits per heavy atom. The van der Waals surface area contributed by atoms with Crippen LogP contribution in [0, 0.1) is 5.82 Å². The molecule has 3 heterocycles. The van der Waals surface area contributed by atoms with E-state index in [1.807, 2.05) is 6.07 Å². The number of pyridine rings is 1. The van der Waals surface area contributed by atoms with Gasteiger partial charge >= 0.3 is 0 Å². The fraction of sp³-hybridized carbons (Fsp3) is 0.238. The highest BCUT2D eigenvalue weighted by Crippen LogP contribution is 2.43. The molecule has 3 aromatic heterocycles. The van der Waals surface area contributed by atoms with Crippen molar-refractivity contribution in [1.82, 2.24) is 24.7 Å². The van der Waals surface area contributed by atoms with E-state index >= 15 is 0 Å². The first-order chi connectivity index (χ1) is 14.9. The summed E-state index contributed by atoms with van der Waals surface area (Å²) in [6.07, 6.45) is 6.34. The molecule has 158 valence electrons. The van der Waals surface area contributed by atoms with Crippen LogP contribution in [0.4, 0.5) is 10.2 Å². The fourth-order valence-electron chi connectivity index (χ4n) is 3.53. The number of fused-ring (bicyclic) bond motifs is 1. The number of anilines is 1. The van der Waals surface area contributed by atoms with E-state index in [1.54, 1.807) is 41.3 Å². The van der Waals surface area contributed by atoms with Crippen LogP contribution in [0.3, 0.4) is 0 Å². The molecule has 1 aromatic carbocycles. The molecular formula is C21H19FN6O2S. The Hall–Kier alpha value is -3.40. The van der Waals surface area contributed by atoms with Gasteiger partial charge in [0.1, 0.15) is 17.3 Å². The zero-order chi connectivity index (χ0) is 21.6. The number of benzene rings is 1. The molecule has 1 N–H and O–H groups in total. The molecule has 10 heteroatoms. The van der Waals surface area contributed by atoms with Crippen LogP contribution in [0.2, 0.25) is 0 Å². The molecule has 4 aromatic rings. The molecule has 0 atom stereocenters. The monoisotopic (exact) mass is 438 g/mol. The fourth-order valence-corrected chi connectivity index (χ4v) is 4.04. The van der Waals surface area contributed by atoms with Gasteiger partial charge in [-0.3, -0.25) is 4.72 Å². The number of rotatable bonds is 6. The number of hydrogen-bond donors (Lipinski definition) is 1. The van der Waals surface area contributed by atoms with Gasteiger partial charge in [-0.1, -0.05) is 18.2 Å². The molecule has 1 fully saturated rings. The van der Waals surface area contributed by atoms with Gasteiger partial charge in [0.05, 0.1) is 18.2 Å². The minimum absolute atomic E-state index is 0.189. The summed E-state index contributed by atoms with van der Waals surface area (Å²) in [6, 6.07) is 10.1. The summed E-state index contributed by atoms with van der Waals surface area (Å²) in [4.78, 5) is 13.4. The zero-order valence-corrected chi connectivity index (χ0v) is 17.5. The van der Waals surface area contributed by atoms with Crippen molar-refractivity contribution in [3.8, 4) is 11.5 Å². The SMILES string of the molecule is CS(=O)(=O)Nc1nc(-c2nn(Cc3ccccc3F)c3ncccc23)ncc1C1CC1. The van der Waals surface area contributed by atoms with Crippen LogP contribution in [0.1, 0.15) is 29.9 Å². The maximum absolute atomic E-state index is 14.2. The molecule has 1 saturated carbocycles. The normalized spacial score (nSPS) is 14.1. The maximum atomic E-state index is 14.2. The second-order valence-corrected chi connectivity index (χ2v) is 9.37. The molecule has 1 aliphatic rings. The molecular weight excluding hydrogens is 419 g/mol. The summed E-state index contributed by atoms with van der Waals surface area (Å²) in [7, 11) is -3.51. The topological polar surface area (TPSA) is 103 Å². The quantitative estimate of drug-likeness (QED) is 0.495. The second-order valence-electron chi connectivity index (χ2n) is 7.62. The van der Waals surface area contributed by atoms with Crippen molar-refractivity contribution >= 4 is 26.9 Å². The lowest BCUT2D eigenvalue weighted by atomic mass is 10.2. The highest BCUT2D eigenvalue weighted by atomic mass is 32.2. The molecule has 0 radical (unpaired) electrons. The Kier molecular flexibility index (Phi) is 4.66. The van der Waals surface area contributed by atoms with Gasteiger partial charge in [-0.25, -0.2) is 32.4 Å². The summed E-state index contributed by atoms with van der Waals surface area (Å²) < 4.78 is 42.0. The van der Waals surface area contributed by atoms with E-state index in [9.17, 15) is 12.8 Å². The van der Waals surface area contributed by atoms with Gasteiger partial charge in [-0.15, -0.1) is 0 Å². The van der Waals surface area contributed by atoms with Gasteiger partial charge in [0.2, 0.25) is 10.0 Å². The molecule has 0 bridgehead atoms. The lowest BCUT2D eigenvalue weighted by Gasteiger charge is -2.09. The van der Waals surface area contributed by atoms with Crippen molar-refractivity contribution in [3.63, 3.8) is 0 Å². The molecule has 1 aliphatic carbocycles. The van der Waals surface area contributed by atoms with Gasteiger partial charge in [0, 0.05) is 23.5 Å². The molecule has 31 heavy (non-hydrogen) atoms. The molecule has 0 amide bonds. The van der Waals surface area contributed by atoms with Crippen LogP contribution in [0.5, 0.6) is 0 Å². The standard InChI is InChI=1S/C21H19FN6O2S/c1-31(29,30)27-19-16(13-8-9-13)11-24-20(25-19)18-15-6-4-10-23-21(15)28(26-18)12-14-5-2-3-7-17(14)22/h2-7,10-11,13H,8-9,12H2,1H3,(H,24,25,27). The van der Waals surface area contributed by atoms with Crippen molar-refractivity contribution in [1.29, 1.82) is 0 Å². The van der Waals surface area contributed by atoms with E-state index in [0.29, 0.717) is 22.3 Å². The van der Waals surface area contributed by atoms with Crippen LogP contribution in [-0.4, -0.2) is 39.4 Å². The number of aromatic nitrogens is 5. The predicted octanol–water partition coefficient (Wildman–Crippen LogP) is 3.32. The molecule has 5 rings (SSSR count). The van der Waals surface area contributed by atoms with Crippen LogP contribution >= 0.6 is 0 Å². The average Bonchev–Trinajstić information content (AvgIpc) is 3.51. The van der Waals surface area contributed by atoms with E-state index in [0.717, 1.165) is 24.7 Å². The van der Waals surface area contributed by atoms with E-state index < -0.39 is 10.0 Å². The van der Waals surface area contributed by atoms with E-state index in [2.05, 4.69) is 24.8 Å². The molecule has 0 unspecified atom stereocenters. The zero-order valence-electron chi connectivity index (χ0n) is 16.7. The molecule has 0 saturated heterocycles. The van der Waals surface area contributed by atoms with Crippen molar-refractivity contribution in [2.45, 2.75) is 25.3 Å². The third-order valence-corrected chi connectivity index (χ3v) is 5.68. The first kappa shape index (κ1) is 19.6. The van der Waals surface area contributed by atoms with Crippen LogP contribution in [0.25, 0.3) is 22.6 Å². The van der Waals surface area contributed by atoms with Crippen molar-refractivity contribution < 1.29 is 12.8 Å². The number of nitrogens with zero attached hydrogens (tertiary/aromatic N) is 5. The van der Waals surface area contributed by atoms with Crippen molar-refractivity contribution in [2.75, 3.05) is 11.0 Å².